The average molecular weight is 418 g/mol. The number of piperidine rings is 1. The summed E-state index contributed by atoms with van der Waals surface area (Å²) in [6.07, 6.45) is 2.54. The van der Waals surface area contributed by atoms with E-state index in [9.17, 15) is 9.59 Å². The third-order valence-electron chi connectivity index (χ3n) is 6.33. The van der Waals surface area contributed by atoms with Gasteiger partial charge in [-0.15, -0.1) is 0 Å². The van der Waals surface area contributed by atoms with Crippen LogP contribution < -0.4 is 9.64 Å². The maximum absolute atomic E-state index is 13.5. The van der Waals surface area contributed by atoms with Crippen LogP contribution in [0.15, 0.2) is 54.6 Å². The first kappa shape index (κ1) is 19.7. The van der Waals surface area contributed by atoms with Gasteiger partial charge in [0.25, 0.3) is 5.91 Å². The fourth-order valence-electron chi connectivity index (χ4n) is 4.70. The second-order valence-electron chi connectivity index (χ2n) is 8.40. The highest BCUT2D eigenvalue weighted by Crippen LogP contribution is 2.34. The van der Waals surface area contributed by atoms with Crippen molar-refractivity contribution in [1.82, 2.24) is 9.47 Å². The second kappa shape index (κ2) is 8.10. The molecule has 1 fully saturated rings. The van der Waals surface area contributed by atoms with Gasteiger partial charge in [0.1, 0.15) is 12.3 Å². The second-order valence-corrected chi connectivity index (χ2v) is 8.40. The third-order valence-corrected chi connectivity index (χ3v) is 6.33. The van der Waals surface area contributed by atoms with Crippen molar-refractivity contribution in [2.75, 3.05) is 24.5 Å². The first-order valence-corrected chi connectivity index (χ1v) is 11.0. The van der Waals surface area contributed by atoms with Crippen molar-refractivity contribution in [1.29, 1.82) is 0 Å². The SMILES string of the molecule is Cc1cc2ccccc2n1CC(=O)N1C[C@@H](C(=O)N2CCCCC2)Oc2ccccc21. The summed E-state index contributed by atoms with van der Waals surface area (Å²) in [5.41, 5.74) is 2.80. The number of amides is 2. The van der Waals surface area contributed by atoms with E-state index in [1.54, 1.807) is 4.90 Å². The van der Waals surface area contributed by atoms with Gasteiger partial charge in [0.05, 0.1) is 12.2 Å². The first-order chi connectivity index (χ1) is 15.1. The van der Waals surface area contributed by atoms with Crippen LogP contribution in [0.1, 0.15) is 25.0 Å². The number of hydrogen-bond donors (Lipinski definition) is 0. The van der Waals surface area contributed by atoms with Crippen molar-refractivity contribution in [3.8, 4) is 5.75 Å². The molecule has 31 heavy (non-hydrogen) atoms. The van der Waals surface area contributed by atoms with E-state index in [1.807, 2.05) is 58.9 Å². The Hall–Kier alpha value is -3.28. The molecule has 0 saturated carbocycles. The number of rotatable bonds is 3. The Bertz CT molecular complexity index is 1130. The normalized spacial score (nSPS) is 18.5. The summed E-state index contributed by atoms with van der Waals surface area (Å²) in [4.78, 5) is 30.2. The molecule has 6 nitrogen and oxygen atoms in total. The van der Waals surface area contributed by atoms with Crippen LogP contribution in [-0.2, 0) is 16.1 Å². The number of benzene rings is 2. The number of ether oxygens (including phenoxy) is 1. The lowest BCUT2D eigenvalue weighted by Gasteiger charge is -2.37. The summed E-state index contributed by atoms with van der Waals surface area (Å²) < 4.78 is 8.10. The molecule has 0 aliphatic carbocycles. The number of carbonyl (C=O) groups is 2. The summed E-state index contributed by atoms with van der Waals surface area (Å²) in [5, 5.41) is 1.12. The van der Waals surface area contributed by atoms with Gasteiger partial charge >= 0.3 is 0 Å². The number of fused-ring (bicyclic) bond motifs is 2. The Morgan fingerprint density at radius 3 is 2.58 bits per heavy atom. The van der Waals surface area contributed by atoms with Crippen LogP contribution in [0, 0.1) is 6.92 Å². The Balaban J connectivity index is 1.43. The lowest BCUT2D eigenvalue weighted by molar-refractivity contribution is -0.139. The average Bonchev–Trinajstić information content (AvgIpc) is 3.13. The molecule has 160 valence electrons. The molecule has 0 spiro atoms. The fourth-order valence-corrected chi connectivity index (χ4v) is 4.70. The molecule has 0 N–H and O–H groups in total. The van der Waals surface area contributed by atoms with E-state index < -0.39 is 6.10 Å². The summed E-state index contributed by atoms with van der Waals surface area (Å²) in [6, 6.07) is 17.7. The lowest BCUT2D eigenvalue weighted by Crippen LogP contribution is -2.53. The minimum absolute atomic E-state index is 0.0189. The predicted molar refractivity (Wildman–Crippen MR) is 120 cm³/mol. The van der Waals surface area contributed by atoms with Gasteiger partial charge in [0, 0.05) is 24.3 Å². The highest BCUT2D eigenvalue weighted by atomic mass is 16.5. The maximum Gasteiger partial charge on any atom is 0.265 e. The van der Waals surface area contributed by atoms with E-state index in [4.69, 9.17) is 4.74 Å². The van der Waals surface area contributed by atoms with Crippen LogP contribution in [0.5, 0.6) is 5.75 Å². The van der Waals surface area contributed by atoms with Crippen LogP contribution in [-0.4, -0.2) is 47.0 Å². The van der Waals surface area contributed by atoms with E-state index in [1.165, 1.54) is 0 Å². The van der Waals surface area contributed by atoms with Crippen LogP contribution >= 0.6 is 0 Å². The zero-order chi connectivity index (χ0) is 21.4. The maximum atomic E-state index is 13.5. The predicted octanol–water partition coefficient (Wildman–Crippen LogP) is 3.76. The number of aromatic nitrogens is 1. The molecule has 2 amide bonds. The van der Waals surface area contributed by atoms with E-state index >= 15 is 0 Å². The van der Waals surface area contributed by atoms with E-state index in [-0.39, 0.29) is 24.9 Å². The van der Waals surface area contributed by atoms with E-state index in [0.29, 0.717) is 5.75 Å². The third kappa shape index (κ3) is 3.67. The summed E-state index contributed by atoms with van der Waals surface area (Å²) in [6.45, 7) is 4.01. The molecule has 0 radical (unpaired) electrons. The van der Waals surface area contributed by atoms with Crippen LogP contribution in [0.3, 0.4) is 0 Å². The Morgan fingerprint density at radius 2 is 1.74 bits per heavy atom. The smallest absolute Gasteiger partial charge is 0.265 e. The van der Waals surface area contributed by atoms with Gasteiger partial charge in [-0.2, -0.15) is 0 Å². The quantitative estimate of drug-likeness (QED) is 0.652. The van der Waals surface area contributed by atoms with Gasteiger partial charge in [-0.3, -0.25) is 9.59 Å². The standard InChI is InChI=1S/C25H27N3O3/c1-18-15-19-9-3-4-10-20(19)27(18)17-24(29)28-16-23(25(30)26-13-7-2-8-14-26)31-22-12-6-5-11-21(22)28/h3-6,9-12,15,23H,2,7-8,13-14,16-17H2,1H3/t23-/m0/s1. The zero-order valence-corrected chi connectivity index (χ0v) is 17.8. The van der Waals surface area contributed by atoms with Gasteiger partial charge in [0.2, 0.25) is 5.91 Å². The van der Waals surface area contributed by atoms with Gasteiger partial charge in [0.15, 0.2) is 6.10 Å². The van der Waals surface area contributed by atoms with E-state index in [0.717, 1.165) is 54.6 Å². The monoisotopic (exact) mass is 417 g/mol. The van der Waals surface area contributed by atoms with Gasteiger partial charge < -0.3 is 19.1 Å². The minimum Gasteiger partial charge on any atom is -0.476 e. The summed E-state index contributed by atoms with van der Waals surface area (Å²) in [5.74, 6) is 0.526. The molecule has 5 rings (SSSR count). The summed E-state index contributed by atoms with van der Waals surface area (Å²) in [7, 11) is 0. The molecule has 2 aliphatic rings. The van der Waals surface area contributed by atoms with Crippen molar-refractivity contribution in [3.63, 3.8) is 0 Å². The number of para-hydroxylation sites is 3. The molecule has 2 aromatic carbocycles. The Labute approximate surface area is 182 Å². The fraction of sp³-hybridized carbons (Fsp3) is 0.360. The molecule has 3 heterocycles. The number of anilines is 1. The molecule has 0 unspecified atom stereocenters. The van der Waals surface area contributed by atoms with Crippen LogP contribution in [0.4, 0.5) is 5.69 Å². The van der Waals surface area contributed by atoms with Crippen molar-refractivity contribution < 1.29 is 14.3 Å². The molecule has 1 atom stereocenters. The number of nitrogens with zero attached hydrogens (tertiary/aromatic N) is 3. The molecular formula is C25H27N3O3. The van der Waals surface area contributed by atoms with Gasteiger partial charge in [-0.1, -0.05) is 30.3 Å². The number of likely N-dealkylation sites (tertiary alicyclic amines) is 1. The summed E-state index contributed by atoms with van der Waals surface area (Å²) >= 11 is 0. The van der Waals surface area contributed by atoms with Gasteiger partial charge in [-0.25, -0.2) is 0 Å². The molecule has 0 bridgehead atoms. The van der Waals surface area contributed by atoms with Crippen molar-refractivity contribution >= 4 is 28.4 Å². The minimum atomic E-state index is -0.667. The molecule has 3 aromatic rings. The topological polar surface area (TPSA) is 54.8 Å². The number of carbonyl (C=O) groups excluding carboxylic acids is 2. The van der Waals surface area contributed by atoms with Crippen molar-refractivity contribution in [2.45, 2.75) is 38.8 Å². The Morgan fingerprint density at radius 1 is 1.00 bits per heavy atom. The number of aryl methyl sites for hydroxylation is 1. The largest absolute Gasteiger partial charge is 0.476 e. The van der Waals surface area contributed by atoms with Crippen LogP contribution in [0.25, 0.3) is 10.9 Å². The van der Waals surface area contributed by atoms with E-state index in [2.05, 4.69) is 12.1 Å². The first-order valence-electron chi connectivity index (χ1n) is 11.0. The molecule has 1 saturated heterocycles. The molecule has 2 aliphatic heterocycles. The Kier molecular flexibility index (Phi) is 5.14. The van der Waals surface area contributed by atoms with Crippen molar-refractivity contribution in [3.05, 3.63) is 60.3 Å². The number of hydrogen-bond acceptors (Lipinski definition) is 3. The van der Waals surface area contributed by atoms with Gasteiger partial charge in [-0.05, 0) is 55.8 Å². The lowest BCUT2D eigenvalue weighted by atomic mass is 10.1. The van der Waals surface area contributed by atoms with Crippen molar-refractivity contribution in [2.24, 2.45) is 0 Å². The molecular weight excluding hydrogens is 390 g/mol. The molecule has 1 aromatic heterocycles. The molecule has 6 heteroatoms. The highest BCUT2D eigenvalue weighted by molar-refractivity contribution is 5.98. The highest BCUT2D eigenvalue weighted by Gasteiger charge is 2.36. The zero-order valence-electron chi connectivity index (χ0n) is 17.8. The van der Waals surface area contributed by atoms with Crippen LogP contribution in [0.2, 0.25) is 0 Å².